The minimum atomic E-state index is -0.532. The first-order valence-electron chi connectivity index (χ1n) is 7.90. The Bertz CT molecular complexity index is 768. The number of benzene rings is 1. The fourth-order valence-electron chi connectivity index (χ4n) is 3.24. The van der Waals surface area contributed by atoms with Gasteiger partial charge in [0.05, 0.1) is 5.69 Å². The van der Waals surface area contributed by atoms with Crippen molar-refractivity contribution in [1.82, 2.24) is 0 Å². The number of aryl methyl sites for hydroxylation is 2. The van der Waals surface area contributed by atoms with Crippen LogP contribution in [0, 0.1) is 13.8 Å². The second-order valence-corrected chi connectivity index (χ2v) is 6.06. The largest absolute Gasteiger partial charge is 0.422 e. The Morgan fingerprint density at radius 2 is 1.77 bits per heavy atom. The second kappa shape index (κ2) is 5.95. The maximum absolute atomic E-state index is 12.3. The Balaban J connectivity index is 2.31. The van der Waals surface area contributed by atoms with Crippen LogP contribution in [0.2, 0.25) is 0 Å². The molecule has 4 heteroatoms. The SMILES string of the molecule is Cc1ccc2c(N3CCCCCC3)c(C=O)c(=O)oc2c1C. The summed E-state index contributed by atoms with van der Waals surface area (Å²) in [4.78, 5) is 25.9. The molecule has 1 aromatic carbocycles. The van der Waals surface area contributed by atoms with Gasteiger partial charge < -0.3 is 9.32 Å². The zero-order valence-corrected chi connectivity index (χ0v) is 13.1. The number of carbonyl (C=O) groups is 1. The average Bonchev–Trinajstić information content (AvgIpc) is 2.79. The number of aldehydes is 1. The Hall–Kier alpha value is -2.10. The molecule has 0 unspecified atom stereocenters. The van der Waals surface area contributed by atoms with Crippen LogP contribution in [0.3, 0.4) is 0 Å². The summed E-state index contributed by atoms with van der Waals surface area (Å²) in [6, 6.07) is 3.99. The highest BCUT2D eigenvalue weighted by Gasteiger charge is 2.21. The molecule has 0 atom stereocenters. The number of fused-ring (bicyclic) bond motifs is 1. The van der Waals surface area contributed by atoms with E-state index in [2.05, 4.69) is 4.90 Å². The molecule has 116 valence electrons. The van der Waals surface area contributed by atoms with Gasteiger partial charge >= 0.3 is 5.63 Å². The van der Waals surface area contributed by atoms with Gasteiger partial charge in [-0.25, -0.2) is 4.79 Å². The number of rotatable bonds is 2. The molecule has 0 amide bonds. The maximum Gasteiger partial charge on any atom is 0.349 e. The summed E-state index contributed by atoms with van der Waals surface area (Å²) < 4.78 is 5.44. The van der Waals surface area contributed by atoms with Gasteiger partial charge in [-0.15, -0.1) is 0 Å². The van der Waals surface area contributed by atoms with E-state index in [0.29, 0.717) is 11.9 Å². The van der Waals surface area contributed by atoms with Crippen LogP contribution in [0.25, 0.3) is 11.0 Å². The molecule has 1 saturated heterocycles. The van der Waals surface area contributed by atoms with Crippen LogP contribution in [-0.4, -0.2) is 19.4 Å². The van der Waals surface area contributed by atoms with Gasteiger partial charge in [0.25, 0.3) is 0 Å². The number of anilines is 1. The third-order valence-corrected chi connectivity index (χ3v) is 4.64. The van der Waals surface area contributed by atoms with E-state index in [1.54, 1.807) is 0 Å². The van der Waals surface area contributed by atoms with E-state index in [4.69, 9.17) is 4.42 Å². The molecule has 3 rings (SSSR count). The predicted octanol–water partition coefficient (Wildman–Crippen LogP) is 3.60. The van der Waals surface area contributed by atoms with Gasteiger partial charge in [0.1, 0.15) is 11.1 Å². The highest BCUT2D eigenvalue weighted by atomic mass is 16.4. The van der Waals surface area contributed by atoms with Crippen LogP contribution in [0.15, 0.2) is 21.3 Å². The fourth-order valence-corrected chi connectivity index (χ4v) is 3.24. The van der Waals surface area contributed by atoms with Gasteiger partial charge in [0, 0.05) is 18.5 Å². The molecule has 22 heavy (non-hydrogen) atoms. The Labute approximate surface area is 129 Å². The van der Waals surface area contributed by atoms with Gasteiger partial charge in [0.2, 0.25) is 0 Å². The first-order chi connectivity index (χ1) is 10.6. The van der Waals surface area contributed by atoms with E-state index < -0.39 is 5.63 Å². The lowest BCUT2D eigenvalue weighted by Gasteiger charge is -2.25. The molecule has 1 aliphatic rings. The second-order valence-electron chi connectivity index (χ2n) is 6.06. The lowest BCUT2D eigenvalue weighted by molar-refractivity contribution is 0.112. The van der Waals surface area contributed by atoms with Crippen molar-refractivity contribution in [3.8, 4) is 0 Å². The maximum atomic E-state index is 12.3. The molecule has 0 saturated carbocycles. The lowest BCUT2D eigenvalue weighted by Crippen LogP contribution is -2.27. The molecule has 0 bridgehead atoms. The lowest BCUT2D eigenvalue weighted by atomic mass is 10.0. The van der Waals surface area contributed by atoms with E-state index in [0.717, 1.165) is 48.1 Å². The smallest absolute Gasteiger partial charge is 0.349 e. The van der Waals surface area contributed by atoms with Crippen molar-refractivity contribution >= 4 is 22.9 Å². The Morgan fingerprint density at radius 3 is 2.41 bits per heavy atom. The van der Waals surface area contributed by atoms with Crippen molar-refractivity contribution in [2.24, 2.45) is 0 Å². The summed E-state index contributed by atoms with van der Waals surface area (Å²) in [5.41, 5.74) is 3.02. The molecule has 4 nitrogen and oxygen atoms in total. The fraction of sp³-hybridized carbons (Fsp3) is 0.444. The summed E-state index contributed by atoms with van der Waals surface area (Å²) in [6.45, 7) is 5.71. The molecular weight excluding hydrogens is 278 g/mol. The van der Waals surface area contributed by atoms with Crippen LogP contribution in [0.1, 0.15) is 47.2 Å². The molecule has 1 aromatic heterocycles. The topological polar surface area (TPSA) is 50.5 Å². The van der Waals surface area contributed by atoms with Crippen molar-refractivity contribution in [3.05, 3.63) is 39.2 Å². The van der Waals surface area contributed by atoms with Crippen LogP contribution >= 0.6 is 0 Å². The molecule has 0 spiro atoms. The first kappa shape index (κ1) is 14.8. The van der Waals surface area contributed by atoms with Gasteiger partial charge in [-0.05, 0) is 43.9 Å². The summed E-state index contributed by atoms with van der Waals surface area (Å²) in [5.74, 6) is 0. The molecule has 0 aliphatic carbocycles. The minimum absolute atomic E-state index is 0.151. The van der Waals surface area contributed by atoms with Crippen molar-refractivity contribution in [2.45, 2.75) is 39.5 Å². The summed E-state index contributed by atoms with van der Waals surface area (Å²) in [5, 5.41) is 0.867. The van der Waals surface area contributed by atoms with E-state index in [1.165, 1.54) is 12.8 Å². The average molecular weight is 299 g/mol. The molecular formula is C18H21NO3. The Kier molecular flexibility index (Phi) is 4.01. The van der Waals surface area contributed by atoms with Crippen LogP contribution < -0.4 is 10.5 Å². The van der Waals surface area contributed by atoms with Crippen molar-refractivity contribution < 1.29 is 9.21 Å². The zero-order chi connectivity index (χ0) is 15.7. The normalized spacial score (nSPS) is 15.8. The number of nitrogens with zero attached hydrogens (tertiary/aromatic N) is 1. The molecule has 0 N–H and O–H groups in total. The predicted molar refractivity (Wildman–Crippen MR) is 88.0 cm³/mol. The van der Waals surface area contributed by atoms with Crippen molar-refractivity contribution in [2.75, 3.05) is 18.0 Å². The summed E-state index contributed by atoms with van der Waals surface area (Å²) in [6.07, 6.45) is 5.21. The van der Waals surface area contributed by atoms with E-state index in [-0.39, 0.29) is 5.56 Å². The summed E-state index contributed by atoms with van der Waals surface area (Å²) >= 11 is 0. The monoisotopic (exact) mass is 299 g/mol. The van der Waals surface area contributed by atoms with Gasteiger partial charge in [-0.2, -0.15) is 0 Å². The molecule has 0 radical (unpaired) electrons. The van der Waals surface area contributed by atoms with Gasteiger partial charge in [-0.1, -0.05) is 18.9 Å². The minimum Gasteiger partial charge on any atom is -0.422 e. The number of hydrogen-bond acceptors (Lipinski definition) is 4. The molecule has 2 heterocycles. The highest BCUT2D eigenvalue weighted by molar-refractivity contribution is 6.00. The highest BCUT2D eigenvalue weighted by Crippen LogP contribution is 2.32. The number of hydrogen-bond donors (Lipinski definition) is 0. The van der Waals surface area contributed by atoms with Crippen LogP contribution in [0.4, 0.5) is 5.69 Å². The van der Waals surface area contributed by atoms with Crippen LogP contribution in [0.5, 0.6) is 0 Å². The molecule has 1 aliphatic heterocycles. The standard InChI is InChI=1S/C18H21NO3/c1-12-7-8-14-16(19-9-5-3-4-6-10-19)15(11-20)18(21)22-17(14)13(12)2/h7-8,11H,3-6,9-10H2,1-2H3. The van der Waals surface area contributed by atoms with E-state index in [1.807, 2.05) is 26.0 Å². The third-order valence-electron chi connectivity index (χ3n) is 4.64. The quantitative estimate of drug-likeness (QED) is 0.628. The van der Waals surface area contributed by atoms with Crippen LogP contribution in [-0.2, 0) is 0 Å². The third kappa shape index (κ3) is 2.43. The van der Waals surface area contributed by atoms with Crippen molar-refractivity contribution in [1.29, 1.82) is 0 Å². The molecule has 1 fully saturated rings. The van der Waals surface area contributed by atoms with Gasteiger partial charge in [0.15, 0.2) is 6.29 Å². The zero-order valence-electron chi connectivity index (χ0n) is 13.1. The molecule has 2 aromatic rings. The van der Waals surface area contributed by atoms with Crippen molar-refractivity contribution in [3.63, 3.8) is 0 Å². The van der Waals surface area contributed by atoms with E-state index in [9.17, 15) is 9.59 Å². The first-order valence-corrected chi connectivity index (χ1v) is 7.90. The summed E-state index contributed by atoms with van der Waals surface area (Å²) in [7, 11) is 0. The van der Waals surface area contributed by atoms with Gasteiger partial charge in [-0.3, -0.25) is 4.79 Å². The Morgan fingerprint density at radius 1 is 1.09 bits per heavy atom. The van der Waals surface area contributed by atoms with E-state index >= 15 is 0 Å². The number of carbonyl (C=O) groups excluding carboxylic acids is 1.